The van der Waals surface area contributed by atoms with Gasteiger partial charge in [0.1, 0.15) is 11.1 Å². The van der Waals surface area contributed by atoms with E-state index >= 15 is 0 Å². The molecule has 3 heterocycles. The number of hydrogen-bond acceptors (Lipinski definition) is 5. The van der Waals surface area contributed by atoms with Gasteiger partial charge in [-0.05, 0) is 12.0 Å². The summed E-state index contributed by atoms with van der Waals surface area (Å²) in [5.41, 5.74) is 2.39. The molecule has 96 valence electrons. The van der Waals surface area contributed by atoms with E-state index in [0.29, 0.717) is 0 Å². The predicted octanol–water partition coefficient (Wildman–Crippen LogP) is 1.28. The third-order valence-corrected chi connectivity index (χ3v) is 3.80. The van der Waals surface area contributed by atoms with Crippen molar-refractivity contribution in [3.63, 3.8) is 0 Å². The van der Waals surface area contributed by atoms with Crippen LogP contribution in [0.15, 0.2) is 17.8 Å². The van der Waals surface area contributed by atoms with E-state index in [1.807, 2.05) is 23.3 Å². The Labute approximate surface area is 110 Å². The minimum Gasteiger partial charge on any atom is -0.370 e. The summed E-state index contributed by atoms with van der Waals surface area (Å²) in [6, 6.07) is 0. The molecule has 0 amide bonds. The molecule has 5 nitrogen and oxygen atoms in total. The zero-order chi connectivity index (χ0) is 12.4. The Bertz CT molecular complexity index is 508. The van der Waals surface area contributed by atoms with Crippen molar-refractivity contribution in [1.29, 1.82) is 0 Å². The zero-order valence-corrected chi connectivity index (χ0v) is 11.1. The highest BCUT2D eigenvalue weighted by molar-refractivity contribution is 7.09. The smallest absolute Gasteiger partial charge is 0.114 e. The average Bonchev–Trinajstić information content (AvgIpc) is 2.97. The van der Waals surface area contributed by atoms with Gasteiger partial charge in [-0.1, -0.05) is 0 Å². The Balaban J connectivity index is 1.60. The van der Waals surface area contributed by atoms with Gasteiger partial charge in [-0.2, -0.15) is 5.10 Å². The third kappa shape index (κ3) is 2.45. The van der Waals surface area contributed by atoms with Crippen LogP contribution in [0.3, 0.4) is 0 Å². The number of aryl methyl sites for hydroxylation is 1. The minimum absolute atomic E-state index is 0.0647. The molecule has 0 aromatic carbocycles. The first kappa shape index (κ1) is 11.8. The minimum atomic E-state index is 0.0647. The predicted molar refractivity (Wildman–Crippen MR) is 69.4 cm³/mol. The van der Waals surface area contributed by atoms with Crippen LogP contribution in [0.4, 0.5) is 0 Å². The standard InChI is InChI=1S/C12H16N4OS/c1-16-8-9-2-4-17-10(12(9)15-16)6-13-7-11-14-3-5-18-11/h3,5,8,10,13H,2,4,6-7H2,1H3/t10-/m0/s1. The largest absolute Gasteiger partial charge is 0.370 e. The summed E-state index contributed by atoms with van der Waals surface area (Å²) < 4.78 is 7.65. The molecule has 18 heavy (non-hydrogen) atoms. The van der Waals surface area contributed by atoms with Crippen molar-refractivity contribution >= 4 is 11.3 Å². The molecule has 0 unspecified atom stereocenters. The van der Waals surface area contributed by atoms with Gasteiger partial charge in [-0.25, -0.2) is 4.98 Å². The monoisotopic (exact) mass is 264 g/mol. The van der Waals surface area contributed by atoms with Crippen molar-refractivity contribution in [2.24, 2.45) is 7.05 Å². The first-order valence-corrected chi connectivity index (χ1v) is 6.94. The molecule has 0 bridgehead atoms. The topological polar surface area (TPSA) is 52.0 Å². The summed E-state index contributed by atoms with van der Waals surface area (Å²) in [4.78, 5) is 4.24. The van der Waals surface area contributed by atoms with E-state index in [1.54, 1.807) is 11.3 Å². The van der Waals surface area contributed by atoms with Crippen LogP contribution in [0.5, 0.6) is 0 Å². The molecule has 1 N–H and O–H groups in total. The Kier molecular flexibility index (Phi) is 3.40. The lowest BCUT2D eigenvalue weighted by atomic mass is 10.1. The summed E-state index contributed by atoms with van der Waals surface area (Å²) in [6.45, 7) is 2.35. The Morgan fingerprint density at radius 3 is 3.39 bits per heavy atom. The van der Waals surface area contributed by atoms with Gasteiger partial charge in [0.15, 0.2) is 0 Å². The highest BCUT2D eigenvalue weighted by Crippen LogP contribution is 2.24. The van der Waals surface area contributed by atoms with E-state index < -0.39 is 0 Å². The fraction of sp³-hybridized carbons (Fsp3) is 0.500. The fourth-order valence-corrected chi connectivity index (χ4v) is 2.80. The molecule has 2 aromatic heterocycles. The number of nitrogens with one attached hydrogen (secondary N) is 1. The maximum Gasteiger partial charge on any atom is 0.114 e. The molecular weight excluding hydrogens is 248 g/mol. The van der Waals surface area contributed by atoms with E-state index in [0.717, 1.165) is 36.8 Å². The molecule has 1 aliphatic rings. The number of thiazole rings is 1. The highest BCUT2D eigenvalue weighted by Gasteiger charge is 2.23. The van der Waals surface area contributed by atoms with Gasteiger partial charge in [0.05, 0.1) is 12.3 Å². The van der Waals surface area contributed by atoms with Crippen LogP contribution in [-0.2, 0) is 24.8 Å². The number of fused-ring (bicyclic) bond motifs is 1. The van der Waals surface area contributed by atoms with E-state index in [9.17, 15) is 0 Å². The van der Waals surface area contributed by atoms with Gasteiger partial charge in [-0.3, -0.25) is 4.68 Å². The van der Waals surface area contributed by atoms with Gasteiger partial charge in [0, 0.05) is 37.9 Å². The van der Waals surface area contributed by atoms with E-state index in [1.165, 1.54) is 5.56 Å². The van der Waals surface area contributed by atoms with Crippen LogP contribution in [-0.4, -0.2) is 27.9 Å². The number of aromatic nitrogens is 3. The van der Waals surface area contributed by atoms with Gasteiger partial charge in [0.25, 0.3) is 0 Å². The maximum absolute atomic E-state index is 5.78. The van der Waals surface area contributed by atoms with Crippen LogP contribution in [0.25, 0.3) is 0 Å². The summed E-state index contributed by atoms with van der Waals surface area (Å²) >= 11 is 1.67. The van der Waals surface area contributed by atoms with Crippen molar-refractivity contribution in [1.82, 2.24) is 20.1 Å². The van der Waals surface area contributed by atoms with Crippen molar-refractivity contribution in [3.8, 4) is 0 Å². The van der Waals surface area contributed by atoms with Crippen LogP contribution < -0.4 is 5.32 Å². The second-order valence-electron chi connectivity index (χ2n) is 4.38. The fourth-order valence-electron chi connectivity index (χ4n) is 2.21. The molecule has 0 spiro atoms. The molecule has 0 radical (unpaired) electrons. The normalized spacial score (nSPS) is 18.8. The number of hydrogen-bond donors (Lipinski definition) is 1. The van der Waals surface area contributed by atoms with Crippen molar-refractivity contribution in [2.45, 2.75) is 19.1 Å². The third-order valence-electron chi connectivity index (χ3n) is 3.02. The summed E-state index contributed by atoms with van der Waals surface area (Å²) in [5, 5.41) is 11.0. The maximum atomic E-state index is 5.78. The van der Waals surface area contributed by atoms with Crippen LogP contribution in [0.2, 0.25) is 0 Å². The Morgan fingerprint density at radius 1 is 1.61 bits per heavy atom. The van der Waals surface area contributed by atoms with Crippen molar-refractivity contribution in [3.05, 3.63) is 34.0 Å². The second-order valence-corrected chi connectivity index (χ2v) is 5.36. The lowest BCUT2D eigenvalue weighted by molar-refractivity contribution is 0.0393. The molecule has 0 fully saturated rings. The zero-order valence-electron chi connectivity index (χ0n) is 10.3. The Hall–Kier alpha value is -1.24. The molecule has 1 aliphatic heterocycles. The molecule has 0 saturated carbocycles. The van der Waals surface area contributed by atoms with Crippen molar-refractivity contribution in [2.75, 3.05) is 13.2 Å². The second kappa shape index (κ2) is 5.17. The lowest BCUT2D eigenvalue weighted by Crippen LogP contribution is -2.27. The van der Waals surface area contributed by atoms with Crippen LogP contribution in [0, 0.1) is 0 Å². The van der Waals surface area contributed by atoms with E-state index in [4.69, 9.17) is 4.74 Å². The number of ether oxygens (including phenoxy) is 1. The molecule has 2 aromatic rings. The van der Waals surface area contributed by atoms with Gasteiger partial charge < -0.3 is 10.1 Å². The number of nitrogens with zero attached hydrogens (tertiary/aromatic N) is 3. The molecule has 6 heteroatoms. The van der Waals surface area contributed by atoms with Crippen molar-refractivity contribution < 1.29 is 4.74 Å². The highest BCUT2D eigenvalue weighted by atomic mass is 32.1. The van der Waals surface area contributed by atoms with Gasteiger partial charge in [0.2, 0.25) is 0 Å². The van der Waals surface area contributed by atoms with Crippen LogP contribution >= 0.6 is 11.3 Å². The average molecular weight is 264 g/mol. The molecule has 0 saturated heterocycles. The van der Waals surface area contributed by atoms with Gasteiger partial charge >= 0.3 is 0 Å². The van der Waals surface area contributed by atoms with E-state index in [2.05, 4.69) is 21.6 Å². The molecule has 0 aliphatic carbocycles. The summed E-state index contributed by atoms with van der Waals surface area (Å²) in [6.07, 6.45) is 4.95. The lowest BCUT2D eigenvalue weighted by Gasteiger charge is -2.22. The van der Waals surface area contributed by atoms with Crippen LogP contribution in [0.1, 0.15) is 22.4 Å². The SMILES string of the molecule is Cn1cc2c(n1)[C@H](CNCc1nccs1)OCC2. The quantitative estimate of drug-likeness (QED) is 0.904. The summed E-state index contributed by atoms with van der Waals surface area (Å²) in [5.74, 6) is 0. The van der Waals surface area contributed by atoms with Gasteiger partial charge in [-0.15, -0.1) is 11.3 Å². The Morgan fingerprint density at radius 2 is 2.56 bits per heavy atom. The summed E-state index contributed by atoms with van der Waals surface area (Å²) in [7, 11) is 1.96. The number of rotatable bonds is 4. The molecule has 1 atom stereocenters. The molecular formula is C12H16N4OS. The first-order valence-electron chi connectivity index (χ1n) is 6.06. The first-order chi connectivity index (χ1) is 8.83. The molecule has 3 rings (SSSR count). The van der Waals surface area contributed by atoms with E-state index in [-0.39, 0.29) is 6.10 Å².